The molecule has 0 fully saturated rings. The molecule has 0 saturated carbocycles. The minimum Gasteiger partial charge on any atom is -0.507 e. The average Bonchev–Trinajstić information content (AvgIpc) is 2.26. The Bertz CT molecular complexity index is 377. The maximum Gasteiger partial charge on any atom is 0.257 e. The van der Waals surface area contributed by atoms with Crippen LogP contribution in [0.2, 0.25) is 0 Å². The molecule has 0 aromatic heterocycles. The smallest absolute Gasteiger partial charge is 0.257 e. The Kier molecular flexibility index (Phi) is 5.98. The molecule has 0 bridgehead atoms. The monoisotopic (exact) mass is 269 g/mol. The molecule has 0 heterocycles. The summed E-state index contributed by atoms with van der Waals surface area (Å²) in [4.78, 5) is 0. The van der Waals surface area contributed by atoms with Gasteiger partial charge in [0, 0.05) is 12.1 Å². The van der Waals surface area contributed by atoms with Gasteiger partial charge >= 0.3 is 0 Å². The third-order valence-electron chi connectivity index (χ3n) is 2.15. The summed E-state index contributed by atoms with van der Waals surface area (Å²) >= 11 is 0. The molecule has 1 rings (SSSR count). The topological polar surface area (TPSA) is 64.7 Å². The number of hydrogen-bond donors (Lipinski definition) is 2. The van der Waals surface area contributed by atoms with Gasteiger partial charge < -0.3 is 20.3 Å². The number of phenols is 1. The highest BCUT2D eigenvalue weighted by Gasteiger charge is 2.25. The van der Waals surface area contributed by atoms with Crippen molar-refractivity contribution in [3.05, 3.63) is 17.7 Å². The molecule has 7 heteroatoms. The average molecular weight is 270 g/mol. The number of hydrogen-bond acceptors (Lipinski definition) is 4. The van der Waals surface area contributed by atoms with Crippen molar-refractivity contribution in [2.24, 2.45) is 5.73 Å². The molecule has 1 aromatic carbocycles. The second-order valence-corrected chi connectivity index (χ2v) is 3.12. The third kappa shape index (κ3) is 3.34. The van der Waals surface area contributed by atoms with E-state index in [1.54, 1.807) is 0 Å². The van der Waals surface area contributed by atoms with Crippen molar-refractivity contribution in [1.29, 1.82) is 0 Å². The quantitative estimate of drug-likeness (QED) is 0.879. The van der Waals surface area contributed by atoms with E-state index in [1.165, 1.54) is 26.4 Å². The summed E-state index contributed by atoms with van der Waals surface area (Å²) in [6.45, 7) is 0. The molecule has 0 aliphatic carbocycles. The molecule has 0 aliphatic heterocycles. The Morgan fingerprint density at radius 2 is 1.82 bits per heavy atom. The van der Waals surface area contributed by atoms with Crippen molar-refractivity contribution >= 4 is 12.4 Å². The number of alkyl halides is 2. The molecule has 98 valence electrons. The van der Waals surface area contributed by atoms with Crippen LogP contribution in [0.5, 0.6) is 17.2 Å². The Morgan fingerprint density at radius 3 is 2.24 bits per heavy atom. The van der Waals surface area contributed by atoms with E-state index in [9.17, 15) is 13.9 Å². The highest BCUT2D eigenvalue weighted by molar-refractivity contribution is 5.85. The highest BCUT2D eigenvalue weighted by atomic mass is 35.5. The fraction of sp³-hybridized carbons (Fsp3) is 0.400. The summed E-state index contributed by atoms with van der Waals surface area (Å²) in [5.74, 6) is 0.00761. The molecule has 0 radical (unpaired) electrons. The number of nitrogens with two attached hydrogens (primary N) is 1. The van der Waals surface area contributed by atoms with E-state index in [1.807, 2.05) is 0 Å². The van der Waals surface area contributed by atoms with Gasteiger partial charge in [-0.3, -0.25) is 0 Å². The number of phenolic OH excluding ortho intramolecular Hbond substituents is 1. The molecule has 1 atom stereocenters. The van der Waals surface area contributed by atoms with E-state index in [4.69, 9.17) is 15.2 Å². The largest absolute Gasteiger partial charge is 0.507 e. The molecule has 17 heavy (non-hydrogen) atoms. The predicted molar refractivity (Wildman–Crippen MR) is 61.4 cm³/mol. The minimum absolute atomic E-state index is 0. The number of rotatable bonds is 4. The summed E-state index contributed by atoms with van der Waals surface area (Å²) in [5.41, 5.74) is 5.15. The van der Waals surface area contributed by atoms with Gasteiger partial charge in [0.15, 0.2) is 0 Å². The summed E-state index contributed by atoms with van der Waals surface area (Å²) < 4.78 is 34.7. The van der Waals surface area contributed by atoms with Gasteiger partial charge in [-0.1, -0.05) is 0 Å². The van der Waals surface area contributed by atoms with Crippen LogP contribution >= 0.6 is 12.4 Å². The standard InChI is InChI=1S/C10H13F2NO3.ClH/c1-15-5-3-6(14)8(7(4-5)16-2)9(13)10(11)12;/h3-4,9-10,14H,13H2,1-2H3;1H/t9-;/m0./s1. The lowest BCUT2D eigenvalue weighted by Gasteiger charge is -2.17. The molecule has 4 nitrogen and oxygen atoms in total. The number of halogens is 3. The fourth-order valence-corrected chi connectivity index (χ4v) is 1.34. The lowest BCUT2D eigenvalue weighted by Crippen LogP contribution is -2.19. The maximum atomic E-state index is 12.5. The second-order valence-electron chi connectivity index (χ2n) is 3.12. The normalized spacial score (nSPS) is 11.9. The molecule has 0 aliphatic rings. The Balaban J connectivity index is 0.00000256. The third-order valence-corrected chi connectivity index (χ3v) is 2.15. The predicted octanol–water partition coefficient (Wildman–Crippen LogP) is 2.10. The first-order chi connectivity index (χ1) is 7.51. The SMILES string of the molecule is COc1cc(O)c([C@H](N)C(F)F)c(OC)c1.Cl. The van der Waals surface area contributed by atoms with Crippen LogP contribution < -0.4 is 15.2 Å². The van der Waals surface area contributed by atoms with E-state index in [2.05, 4.69) is 0 Å². The number of aromatic hydroxyl groups is 1. The molecular weight excluding hydrogens is 256 g/mol. The Labute approximate surface area is 104 Å². The van der Waals surface area contributed by atoms with Crippen LogP contribution in [0.3, 0.4) is 0 Å². The van der Waals surface area contributed by atoms with Crippen molar-refractivity contribution in [2.75, 3.05) is 14.2 Å². The van der Waals surface area contributed by atoms with Gasteiger partial charge in [0.1, 0.15) is 17.2 Å². The van der Waals surface area contributed by atoms with Crippen molar-refractivity contribution in [2.45, 2.75) is 12.5 Å². The number of methoxy groups -OCH3 is 2. The molecular formula is C10H14ClF2NO3. The van der Waals surface area contributed by atoms with Crippen LogP contribution in [0, 0.1) is 0 Å². The van der Waals surface area contributed by atoms with Gasteiger partial charge in [0.05, 0.1) is 25.8 Å². The lowest BCUT2D eigenvalue weighted by atomic mass is 10.1. The first-order valence-electron chi connectivity index (χ1n) is 4.49. The zero-order chi connectivity index (χ0) is 12.3. The van der Waals surface area contributed by atoms with E-state index in [0.29, 0.717) is 5.75 Å². The van der Waals surface area contributed by atoms with Gasteiger partial charge in [-0.05, 0) is 0 Å². The van der Waals surface area contributed by atoms with Crippen LogP contribution in [0.1, 0.15) is 11.6 Å². The Morgan fingerprint density at radius 1 is 1.24 bits per heavy atom. The van der Waals surface area contributed by atoms with Gasteiger partial charge in [0.25, 0.3) is 6.43 Å². The van der Waals surface area contributed by atoms with Gasteiger partial charge in [-0.2, -0.15) is 0 Å². The van der Waals surface area contributed by atoms with Crippen molar-refractivity contribution in [3.63, 3.8) is 0 Å². The highest BCUT2D eigenvalue weighted by Crippen LogP contribution is 2.38. The van der Waals surface area contributed by atoms with Crippen LogP contribution in [-0.2, 0) is 0 Å². The van der Waals surface area contributed by atoms with Gasteiger partial charge in [-0.25, -0.2) is 8.78 Å². The summed E-state index contributed by atoms with van der Waals surface area (Å²) in [7, 11) is 2.69. The minimum atomic E-state index is -2.78. The fourth-order valence-electron chi connectivity index (χ4n) is 1.34. The maximum absolute atomic E-state index is 12.5. The number of ether oxygens (including phenoxy) is 2. The zero-order valence-corrected chi connectivity index (χ0v) is 10.1. The van der Waals surface area contributed by atoms with Crippen molar-refractivity contribution in [3.8, 4) is 17.2 Å². The Hall–Kier alpha value is -1.27. The lowest BCUT2D eigenvalue weighted by molar-refractivity contribution is 0.113. The van der Waals surface area contributed by atoms with Gasteiger partial charge in [-0.15, -0.1) is 12.4 Å². The molecule has 0 amide bonds. The second kappa shape index (κ2) is 6.46. The summed E-state index contributed by atoms with van der Waals surface area (Å²) in [6.07, 6.45) is -2.78. The first-order valence-corrected chi connectivity index (χ1v) is 4.49. The molecule has 0 spiro atoms. The molecule has 0 saturated heterocycles. The van der Waals surface area contributed by atoms with E-state index >= 15 is 0 Å². The number of benzene rings is 1. The van der Waals surface area contributed by atoms with Crippen molar-refractivity contribution < 1.29 is 23.4 Å². The van der Waals surface area contributed by atoms with Crippen LogP contribution in [0.4, 0.5) is 8.78 Å². The molecule has 3 N–H and O–H groups in total. The van der Waals surface area contributed by atoms with Crippen LogP contribution in [0.25, 0.3) is 0 Å². The van der Waals surface area contributed by atoms with E-state index < -0.39 is 12.5 Å². The molecule has 0 unspecified atom stereocenters. The zero-order valence-electron chi connectivity index (χ0n) is 9.31. The van der Waals surface area contributed by atoms with Crippen molar-refractivity contribution in [1.82, 2.24) is 0 Å². The summed E-state index contributed by atoms with van der Waals surface area (Å²) in [5, 5.41) is 9.58. The van der Waals surface area contributed by atoms with Gasteiger partial charge in [0.2, 0.25) is 0 Å². The van der Waals surface area contributed by atoms with Crippen LogP contribution in [0.15, 0.2) is 12.1 Å². The molecule has 1 aromatic rings. The van der Waals surface area contributed by atoms with E-state index in [0.717, 1.165) is 0 Å². The van der Waals surface area contributed by atoms with Crippen LogP contribution in [-0.4, -0.2) is 25.8 Å². The summed E-state index contributed by atoms with van der Waals surface area (Å²) in [6, 6.07) is 0.998. The van der Waals surface area contributed by atoms with E-state index in [-0.39, 0.29) is 29.5 Å². The first kappa shape index (κ1) is 15.7.